The highest BCUT2D eigenvalue weighted by Crippen LogP contribution is 2.21. The van der Waals surface area contributed by atoms with Gasteiger partial charge in [0.15, 0.2) is 0 Å². The van der Waals surface area contributed by atoms with Crippen LogP contribution in [0.5, 0.6) is 0 Å². The molecule has 0 saturated carbocycles. The number of aromatic carboxylic acids is 1. The van der Waals surface area contributed by atoms with Crippen molar-refractivity contribution in [2.45, 2.75) is 11.3 Å². The Labute approximate surface area is 125 Å². The number of halogens is 1. The molecule has 0 aromatic heterocycles. The maximum atomic E-state index is 12.1. The van der Waals surface area contributed by atoms with E-state index in [-0.39, 0.29) is 16.4 Å². The summed E-state index contributed by atoms with van der Waals surface area (Å²) in [4.78, 5) is 10.9. The molecule has 2 N–H and O–H groups in total. The molecule has 1 fully saturated rings. The van der Waals surface area contributed by atoms with Crippen molar-refractivity contribution in [2.24, 2.45) is 5.92 Å². The Bertz CT molecular complexity index is 610. The number of benzene rings is 1. The van der Waals surface area contributed by atoms with Crippen LogP contribution < -0.4 is 4.72 Å². The Morgan fingerprint density at radius 1 is 1.50 bits per heavy atom. The molecule has 0 radical (unpaired) electrons. The average Bonchev–Trinajstić information content (AvgIpc) is 2.89. The minimum atomic E-state index is -3.71. The highest BCUT2D eigenvalue weighted by Gasteiger charge is 2.21. The third kappa shape index (κ3) is 3.57. The summed E-state index contributed by atoms with van der Waals surface area (Å²) in [6.45, 7) is 1.48. The zero-order valence-electron chi connectivity index (χ0n) is 10.5. The van der Waals surface area contributed by atoms with Gasteiger partial charge in [-0.3, -0.25) is 0 Å². The topological polar surface area (TPSA) is 92.7 Å². The largest absolute Gasteiger partial charge is 0.478 e. The lowest BCUT2D eigenvalue weighted by molar-refractivity contribution is 0.0695. The molecule has 1 aliphatic heterocycles. The van der Waals surface area contributed by atoms with Crippen LogP contribution in [-0.2, 0) is 14.8 Å². The summed E-state index contributed by atoms with van der Waals surface area (Å²) < 4.78 is 32.2. The van der Waals surface area contributed by atoms with Crippen molar-refractivity contribution < 1.29 is 23.1 Å². The van der Waals surface area contributed by atoms with Gasteiger partial charge < -0.3 is 9.84 Å². The molecular weight excluding hydrogens is 350 g/mol. The maximum absolute atomic E-state index is 12.1. The summed E-state index contributed by atoms with van der Waals surface area (Å²) in [5.41, 5.74) is -0.0860. The lowest BCUT2D eigenvalue weighted by Gasteiger charge is -2.11. The fourth-order valence-corrected chi connectivity index (χ4v) is 3.45. The van der Waals surface area contributed by atoms with E-state index in [1.807, 2.05) is 0 Å². The minimum Gasteiger partial charge on any atom is -0.478 e. The van der Waals surface area contributed by atoms with Crippen LogP contribution in [0.1, 0.15) is 16.8 Å². The monoisotopic (exact) mass is 363 g/mol. The second-order valence-corrected chi connectivity index (χ2v) is 7.15. The lowest BCUT2D eigenvalue weighted by atomic mass is 10.1. The molecule has 2 rings (SSSR count). The van der Waals surface area contributed by atoms with Crippen molar-refractivity contribution in [1.82, 2.24) is 4.72 Å². The summed E-state index contributed by atoms with van der Waals surface area (Å²) in [5, 5.41) is 9.00. The molecule has 1 atom stereocenters. The van der Waals surface area contributed by atoms with E-state index in [0.29, 0.717) is 24.2 Å². The van der Waals surface area contributed by atoms with Gasteiger partial charge >= 0.3 is 5.97 Å². The van der Waals surface area contributed by atoms with Gasteiger partial charge in [0, 0.05) is 17.6 Å². The molecule has 1 aromatic rings. The van der Waals surface area contributed by atoms with E-state index in [2.05, 4.69) is 20.7 Å². The first-order chi connectivity index (χ1) is 9.40. The van der Waals surface area contributed by atoms with Crippen LogP contribution in [0.3, 0.4) is 0 Å². The van der Waals surface area contributed by atoms with Crippen LogP contribution in [0, 0.1) is 5.92 Å². The van der Waals surface area contributed by atoms with Gasteiger partial charge in [0.05, 0.1) is 17.1 Å². The van der Waals surface area contributed by atoms with Gasteiger partial charge in [-0.05, 0) is 46.5 Å². The molecule has 0 spiro atoms. The van der Waals surface area contributed by atoms with Crippen molar-refractivity contribution in [1.29, 1.82) is 0 Å². The van der Waals surface area contributed by atoms with Crippen LogP contribution in [-0.4, -0.2) is 39.3 Å². The third-order valence-corrected chi connectivity index (χ3v) is 5.18. The first kappa shape index (κ1) is 15.4. The van der Waals surface area contributed by atoms with Crippen LogP contribution in [0.2, 0.25) is 0 Å². The number of hydrogen-bond donors (Lipinski definition) is 2. The molecule has 6 nitrogen and oxygen atoms in total. The summed E-state index contributed by atoms with van der Waals surface area (Å²) in [7, 11) is -3.71. The Balaban J connectivity index is 2.16. The minimum absolute atomic E-state index is 0.0583. The van der Waals surface area contributed by atoms with Crippen molar-refractivity contribution >= 4 is 31.9 Å². The van der Waals surface area contributed by atoms with Gasteiger partial charge in [0.1, 0.15) is 0 Å². The van der Waals surface area contributed by atoms with Gasteiger partial charge in [-0.15, -0.1) is 0 Å². The number of sulfonamides is 1. The molecule has 0 amide bonds. The van der Waals surface area contributed by atoms with E-state index in [1.54, 1.807) is 0 Å². The zero-order chi connectivity index (χ0) is 14.8. The van der Waals surface area contributed by atoms with E-state index in [0.717, 1.165) is 12.5 Å². The predicted octanol–water partition coefficient (Wildman–Crippen LogP) is 1.46. The first-order valence-electron chi connectivity index (χ1n) is 6.00. The van der Waals surface area contributed by atoms with Gasteiger partial charge in [-0.25, -0.2) is 17.9 Å². The normalized spacial score (nSPS) is 19.1. The van der Waals surface area contributed by atoms with E-state index in [4.69, 9.17) is 9.84 Å². The highest BCUT2D eigenvalue weighted by molar-refractivity contribution is 9.10. The number of hydrogen-bond acceptors (Lipinski definition) is 4. The lowest BCUT2D eigenvalue weighted by Crippen LogP contribution is -2.29. The van der Waals surface area contributed by atoms with Gasteiger partial charge in [0.2, 0.25) is 10.0 Å². The number of nitrogens with one attached hydrogen (secondary N) is 1. The van der Waals surface area contributed by atoms with Crippen LogP contribution in [0.25, 0.3) is 0 Å². The number of carboxylic acids is 1. The molecule has 1 aliphatic rings. The van der Waals surface area contributed by atoms with Gasteiger partial charge in [-0.1, -0.05) is 0 Å². The fraction of sp³-hybridized carbons (Fsp3) is 0.417. The quantitative estimate of drug-likeness (QED) is 0.825. The van der Waals surface area contributed by atoms with E-state index >= 15 is 0 Å². The van der Waals surface area contributed by atoms with Crippen molar-refractivity contribution in [3.8, 4) is 0 Å². The Morgan fingerprint density at radius 2 is 2.25 bits per heavy atom. The maximum Gasteiger partial charge on any atom is 0.336 e. The van der Waals surface area contributed by atoms with Crippen LogP contribution >= 0.6 is 15.9 Å². The Morgan fingerprint density at radius 3 is 2.85 bits per heavy atom. The van der Waals surface area contributed by atoms with Gasteiger partial charge in [-0.2, -0.15) is 0 Å². The Kier molecular flexibility index (Phi) is 4.79. The van der Waals surface area contributed by atoms with Gasteiger partial charge in [0.25, 0.3) is 0 Å². The summed E-state index contributed by atoms with van der Waals surface area (Å²) in [6.07, 6.45) is 0.823. The molecule has 0 aliphatic carbocycles. The smallest absolute Gasteiger partial charge is 0.336 e. The van der Waals surface area contributed by atoms with Crippen molar-refractivity contribution in [3.63, 3.8) is 0 Å². The second-order valence-electron chi connectivity index (χ2n) is 4.53. The molecular formula is C12H14BrNO5S. The van der Waals surface area contributed by atoms with E-state index < -0.39 is 16.0 Å². The van der Waals surface area contributed by atoms with E-state index in [1.165, 1.54) is 12.1 Å². The number of carbonyl (C=O) groups is 1. The molecule has 20 heavy (non-hydrogen) atoms. The molecule has 1 saturated heterocycles. The molecule has 1 heterocycles. The Hall–Kier alpha value is -0.960. The predicted molar refractivity (Wildman–Crippen MR) is 75.2 cm³/mol. The fourth-order valence-electron chi connectivity index (χ4n) is 1.89. The standard InChI is InChI=1S/C12H14BrNO5S/c13-11-2-1-9(5-10(11)12(15)16)20(17,18)14-6-8-3-4-19-7-8/h1-2,5,8,14H,3-4,6-7H2,(H,15,16). The van der Waals surface area contributed by atoms with Crippen LogP contribution in [0.15, 0.2) is 27.6 Å². The van der Waals surface area contributed by atoms with Crippen LogP contribution in [0.4, 0.5) is 0 Å². The second kappa shape index (κ2) is 6.21. The molecule has 0 bridgehead atoms. The van der Waals surface area contributed by atoms with E-state index in [9.17, 15) is 13.2 Å². The number of rotatable bonds is 5. The van der Waals surface area contributed by atoms with Crippen molar-refractivity contribution in [3.05, 3.63) is 28.2 Å². The van der Waals surface area contributed by atoms with Crippen molar-refractivity contribution in [2.75, 3.05) is 19.8 Å². The average molecular weight is 364 g/mol. The SMILES string of the molecule is O=C(O)c1cc(S(=O)(=O)NCC2CCOC2)ccc1Br. The molecule has 8 heteroatoms. The molecule has 110 valence electrons. The number of ether oxygens (including phenoxy) is 1. The first-order valence-corrected chi connectivity index (χ1v) is 8.28. The summed E-state index contributed by atoms with van der Waals surface area (Å²) >= 11 is 3.08. The molecule has 1 unspecified atom stereocenters. The zero-order valence-corrected chi connectivity index (χ0v) is 12.9. The molecule has 1 aromatic carbocycles. The summed E-state index contributed by atoms with van der Waals surface area (Å²) in [5.74, 6) is -1.02. The third-order valence-electron chi connectivity index (χ3n) is 3.06. The number of carboxylic acid groups (broad SMARTS) is 1. The summed E-state index contributed by atoms with van der Waals surface area (Å²) in [6, 6.07) is 3.92. The highest BCUT2D eigenvalue weighted by atomic mass is 79.9.